The standard InChI is InChI=1S/C12H15F2N3O4/c1-7(10(18)19)6-17(2)12(20)16-9-4-3-8(5-15-9)21-11(13)14/h3-5,7,11H,6H2,1-2H3,(H,18,19)(H,15,16,20). The van der Waals surface area contributed by atoms with Crippen LogP contribution in [0, 0.1) is 5.92 Å². The van der Waals surface area contributed by atoms with E-state index >= 15 is 0 Å². The van der Waals surface area contributed by atoms with E-state index in [9.17, 15) is 18.4 Å². The molecule has 0 radical (unpaired) electrons. The van der Waals surface area contributed by atoms with Gasteiger partial charge in [0.1, 0.15) is 11.6 Å². The molecule has 0 aliphatic heterocycles. The van der Waals surface area contributed by atoms with Crippen molar-refractivity contribution < 1.29 is 28.2 Å². The van der Waals surface area contributed by atoms with Gasteiger partial charge in [-0.3, -0.25) is 10.1 Å². The Labute approximate surface area is 119 Å². The molecule has 1 unspecified atom stereocenters. The molecule has 1 aromatic rings. The average Bonchev–Trinajstić information content (AvgIpc) is 2.40. The van der Waals surface area contributed by atoms with Crippen molar-refractivity contribution in [2.45, 2.75) is 13.5 Å². The highest BCUT2D eigenvalue weighted by molar-refractivity contribution is 5.88. The van der Waals surface area contributed by atoms with Crippen molar-refractivity contribution in [2.75, 3.05) is 18.9 Å². The Morgan fingerprint density at radius 1 is 1.48 bits per heavy atom. The first-order valence-electron chi connectivity index (χ1n) is 5.95. The lowest BCUT2D eigenvalue weighted by atomic mass is 10.2. The molecule has 9 heteroatoms. The van der Waals surface area contributed by atoms with E-state index in [1.54, 1.807) is 0 Å². The second-order valence-electron chi connectivity index (χ2n) is 4.31. The summed E-state index contributed by atoms with van der Waals surface area (Å²) >= 11 is 0. The minimum atomic E-state index is -2.95. The Balaban J connectivity index is 2.56. The smallest absolute Gasteiger partial charge is 0.387 e. The van der Waals surface area contributed by atoms with Gasteiger partial charge in [0.25, 0.3) is 0 Å². The van der Waals surface area contributed by atoms with E-state index in [0.29, 0.717) is 0 Å². The number of nitrogens with zero attached hydrogens (tertiary/aromatic N) is 2. The van der Waals surface area contributed by atoms with Crippen LogP contribution in [0.15, 0.2) is 18.3 Å². The topological polar surface area (TPSA) is 91.8 Å². The number of carbonyl (C=O) groups is 2. The maximum absolute atomic E-state index is 11.9. The Kier molecular flexibility index (Phi) is 5.82. The van der Waals surface area contributed by atoms with E-state index in [1.807, 2.05) is 0 Å². The molecular formula is C12H15F2N3O4. The number of pyridine rings is 1. The Morgan fingerprint density at radius 2 is 2.14 bits per heavy atom. The van der Waals surface area contributed by atoms with Crippen LogP contribution in [0.25, 0.3) is 0 Å². The normalized spacial score (nSPS) is 11.9. The number of ether oxygens (including phenoxy) is 1. The number of amides is 2. The number of rotatable bonds is 6. The molecule has 1 atom stereocenters. The molecule has 0 saturated heterocycles. The average molecular weight is 303 g/mol. The van der Waals surface area contributed by atoms with Gasteiger partial charge in [0.15, 0.2) is 0 Å². The van der Waals surface area contributed by atoms with E-state index in [2.05, 4.69) is 15.0 Å². The molecular weight excluding hydrogens is 288 g/mol. The maximum atomic E-state index is 11.9. The number of anilines is 1. The number of urea groups is 1. The largest absolute Gasteiger partial charge is 0.481 e. The SMILES string of the molecule is CC(CN(C)C(=O)Nc1ccc(OC(F)F)cn1)C(=O)O. The summed E-state index contributed by atoms with van der Waals surface area (Å²) in [5, 5.41) is 11.2. The highest BCUT2D eigenvalue weighted by Crippen LogP contribution is 2.15. The van der Waals surface area contributed by atoms with Crippen LogP contribution < -0.4 is 10.1 Å². The molecule has 0 aromatic carbocycles. The van der Waals surface area contributed by atoms with Gasteiger partial charge in [-0.25, -0.2) is 9.78 Å². The highest BCUT2D eigenvalue weighted by Gasteiger charge is 2.17. The van der Waals surface area contributed by atoms with Gasteiger partial charge in [0.05, 0.1) is 12.1 Å². The van der Waals surface area contributed by atoms with Crippen molar-refractivity contribution in [2.24, 2.45) is 5.92 Å². The highest BCUT2D eigenvalue weighted by atomic mass is 19.3. The number of aliphatic carboxylic acids is 1. The Bertz CT molecular complexity index is 496. The molecule has 2 amide bonds. The van der Waals surface area contributed by atoms with Crippen LogP contribution in [0.5, 0.6) is 5.75 Å². The van der Waals surface area contributed by atoms with E-state index in [1.165, 1.54) is 31.0 Å². The molecule has 116 valence electrons. The third kappa shape index (κ3) is 5.59. The van der Waals surface area contributed by atoms with Crippen LogP contribution in [0.2, 0.25) is 0 Å². The molecule has 0 saturated carbocycles. The van der Waals surface area contributed by atoms with Crippen LogP contribution in [0.3, 0.4) is 0 Å². The third-order valence-electron chi connectivity index (χ3n) is 2.51. The lowest BCUT2D eigenvalue weighted by Crippen LogP contribution is -2.36. The summed E-state index contributed by atoms with van der Waals surface area (Å²) in [4.78, 5) is 27.4. The van der Waals surface area contributed by atoms with Gasteiger partial charge in [-0.15, -0.1) is 0 Å². The van der Waals surface area contributed by atoms with Crippen LogP contribution in [0.1, 0.15) is 6.92 Å². The molecule has 21 heavy (non-hydrogen) atoms. The minimum Gasteiger partial charge on any atom is -0.481 e. The first-order valence-corrected chi connectivity index (χ1v) is 5.95. The minimum absolute atomic E-state index is 0.0216. The monoisotopic (exact) mass is 303 g/mol. The van der Waals surface area contributed by atoms with Crippen molar-refractivity contribution in [3.63, 3.8) is 0 Å². The quantitative estimate of drug-likeness (QED) is 0.837. The number of carboxylic acids is 1. The third-order valence-corrected chi connectivity index (χ3v) is 2.51. The summed E-state index contributed by atoms with van der Waals surface area (Å²) in [7, 11) is 1.43. The summed E-state index contributed by atoms with van der Waals surface area (Å²) in [6.07, 6.45) is 1.04. The van der Waals surface area contributed by atoms with Crippen LogP contribution in [0.4, 0.5) is 19.4 Å². The molecule has 2 N–H and O–H groups in total. The van der Waals surface area contributed by atoms with Crippen molar-refractivity contribution in [1.29, 1.82) is 0 Å². The van der Waals surface area contributed by atoms with Gasteiger partial charge in [-0.1, -0.05) is 6.92 Å². The number of hydrogen-bond donors (Lipinski definition) is 2. The zero-order valence-corrected chi connectivity index (χ0v) is 11.4. The first-order chi connectivity index (χ1) is 9.79. The van der Waals surface area contributed by atoms with Crippen molar-refractivity contribution in [3.05, 3.63) is 18.3 Å². The van der Waals surface area contributed by atoms with E-state index < -0.39 is 24.5 Å². The summed E-state index contributed by atoms with van der Waals surface area (Å²) in [5.41, 5.74) is 0. The van der Waals surface area contributed by atoms with Crippen molar-refractivity contribution in [3.8, 4) is 5.75 Å². The van der Waals surface area contributed by atoms with Gasteiger partial charge in [0.2, 0.25) is 0 Å². The van der Waals surface area contributed by atoms with E-state index in [-0.39, 0.29) is 18.1 Å². The fraction of sp³-hybridized carbons (Fsp3) is 0.417. The van der Waals surface area contributed by atoms with E-state index in [0.717, 1.165) is 6.20 Å². The van der Waals surface area contributed by atoms with Crippen molar-refractivity contribution in [1.82, 2.24) is 9.88 Å². The molecule has 7 nitrogen and oxygen atoms in total. The zero-order chi connectivity index (χ0) is 16.0. The lowest BCUT2D eigenvalue weighted by molar-refractivity contribution is -0.141. The van der Waals surface area contributed by atoms with Gasteiger partial charge >= 0.3 is 18.6 Å². The summed E-state index contributed by atoms with van der Waals surface area (Å²) in [6.45, 7) is -1.45. The lowest BCUT2D eigenvalue weighted by Gasteiger charge is -2.19. The number of alkyl halides is 2. The van der Waals surface area contributed by atoms with Crippen LogP contribution >= 0.6 is 0 Å². The Hall–Kier alpha value is -2.45. The second kappa shape index (κ2) is 7.36. The van der Waals surface area contributed by atoms with Crippen LogP contribution in [-0.4, -0.2) is 47.2 Å². The molecule has 1 aromatic heterocycles. The molecule has 0 spiro atoms. The Morgan fingerprint density at radius 3 is 2.62 bits per heavy atom. The van der Waals surface area contributed by atoms with Crippen LogP contribution in [-0.2, 0) is 4.79 Å². The maximum Gasteiger partial charge on any atom is 0.387 e. The van der Waals surface area contributed by atoms with E-state index in [4.69, 9.17) is 5.11 Å². The first kappa shape index (κ1) is 16.6. The zero-order valence-electron chi connectivity index (χ0n) is 11.4. The fourth-order valence-corrected chi connectivity index (χ4v) is 1.40. The van der Waals surface area contributed by atoms with Gasteiger partial charge in [-0.2, -0.15) is 8.78 Å². The van der Waals surface area contributed by atoms with Gasteiger partial charge in [-0.05, 0) is 12.1 Å². The number of carbonyl (C=O) groups excluding carboxylic acids is 1. The summed E-state index contributed by atoms with van der Waals surface area (Å²) in [5.74, 6) is -1.72. The predicted molar refractivity (Wildman–Crippen MR) is 69.3 cm³/mol. The molecule has 0 aliphatic carbocycles. The molecule has 1 heterocycles. The fourth-order valence-electron chi connectivity index (χ4n) is 1.40. The number of hydrogen-bond acceptors (Lipinski definition) is 4. The predicted octanol–water partition coefficient (Wildman–Crippen LogP) is 1.87. The van der Waals surface area contributed by atoms with Gasteiger partial charge < -0.3 is 14.7 Å². The molecule has 0 fully saturated rings. The number of carboxylic acid groups (broad SMARTS) is 1. The summed E-state index contributed by atoms with van der Waals surface area (Å²) in [6, 6.07) is 1.97. The van der Waals surface area contributed by atoms with Gasteiger partial charge in [0, 0.05) is 13.6 Å². The molecule has 0 aliphatic rings. The second-order valence-corrected chi connectivity index (χ2v) is 4.31. The molecule has 0 bridgehead atoms. The molecule has 1 rings (SSSR count). The summed E-state index contributed by atoms with van der Waals surface area (Å²) < 4.78 is 28.0. The number of aromatic nitrogens is 1. The van der Waals surface area contributed by atoms with Crippen molar-refractivity contribution >= 4 is 17.8 Å². The number of halogens is 2. The number of nitrogens with one attached hydrogen (secondary N) is 1.